The molecule has 6 nitrogen and oxygen atoms in total. The second-order valence-electron chi connectivity index (χ2n) is 5.74. The molecule has 1 fully saturated rings. The molecule has 1 saturated heterocycles. The summed E-state index contributed by atoms with van der Waals surface area (Å²) in [5, 5.41) is 10.8. The minimum absolute atomic E-state index is 0. The van der Waals surface area contributed by atoms with Crippen molar-refractivity contribution in [2.24, 2.45) is 0 Å². The molecule has 2 aromatic heterocycles. The van der Waals surface area contributed by atoms with E-state index in [1.165, 1.54) is 6.42 Å². The fourth-order valence-electron chi connectivity index (χ4n) is 2.93. The van der Waals surface area contributed by atoms with Gasteiger partial charge in [0.05, 0.1) is 5.69 Å². The van der Waals surface area contributed by atoms with Crippen LogP contribution in [0.15, 0.2) is 6.07 Å². The Morgan fingerprint density at radius 3 is 2.91 bits per heavy atom. The average Bonchev–Trinajstić information content (AvgIpc) is 3.03. The Balaban J connectivity index is 0.00000176. The number of nitrogens with zero attached hydrogens (tertiary/aromatic N) is 3. The van der Waals surface area contributed by atoms with Crippen molar-refractivity contribution >= 4 is 24.0 Å². The number of aromatic nitrogens is 3. The van der Waals surface area contributed by atoms with E-state index in [0.717, 1.165) is 24.4 Å². The molecule has 3 heterocycles. The molecule has 1 amide bonds. The highest BCUT2D eigenvalue weighted by Gasteiger charge is 2.21. The van der Waals surface area contributed by atoms with Gasteiger partial charge in [-0.15, -0.1) is 12.4 Å². The summed E-state index contributed by atoms with van der Waals surface area (Å²) in [5.41, 5.74) is 3.82. The first kappa shape index (κ1) is 16.7. The summed E-state index contributed by atoms with van der Waals surface area (Å²) in [6, 6.07) is 2.34. The van der Waals surface area contributed by atoms with E-state index < -0.39 is 0 Å². The predicted molar refractivity (Wildman–Crippen MR) is 87.8 cm³/mol. The summed E-state index contributed by atoms with van der Waals surface area (Å²) in [4.78, 5) is 17.0. The quantitative estimate of drug-likeness (QED) is 0.899. The molecule has 0 radical (unpaired) electrons. The lowest BCUT2D eigenvalue weighted by atomic mass is 10.2. The number of rotatable bonds is 3. The van der Waals surface area contributed by atoms with Crippen molar-refractivity contribution in [1.82, 2.24) is 25.2 Å². The maximum absolute atomic E-state index is 12.5. The van der Waals surface area contributed by atoms with Gasteiger partial charge in [0.15, 0.2) is 5.65 Å². The monoisotopic (exact) mass is 323 g/mol. The van der Waals surface area contributed by atoms with Crippen LogP contribution in [0.2, 0.25) is 0 Å². The van der Waals surface area contributed by atoms with Gasteiger partial charge in [0.1, 0.15) is 5.56 Å². The van der Waals surface area contributed by atoms with Crippen molar-refractivity contribution in [1.29, 1.82) is 0 Å². The number of halogens is 1. The van der Waals surface area contributed by atoms with Crippen molar-refractivity contribution in [2.75, 3.05) is 13.1 Å². The topological polar surface area (TPSA) is 71.3 Å². The Hall–Kier alpha value is -1.66. The van der Waals surface area contributed by atoms with E-state index in [1.54, 1.807) is 4.52 Å². The lowest BCUT2D eigenvalue weighted by Gasteiger charge is -2.11. The van der Waals surface area contributed by atoms with E-state index >= 15 is 0 Å². The summed E-state index contributed by atoms with van der Waals surface area (Å²) < 4.78 is 1.74. The van der Waals surface area contributed by atoms with Gasteiger partial charge in [-0.2, -0.15) is 5.10 Å². The summed E-state index contributed by atoms with van der Waals surface area (Å²) in [6.45, 7) is 7.44. The second-order valence-corrected chi connectivity index (χ2v) is 5.74. The van der Waals surface area contributed by atoms with Gasteiger partial charge in [-0.3, -0.25) is 4.79 Å². The first-order valence-corrected chi connectivity index (χ1v) is 7.41. The smallest absolute Gasteiger partial charge is 0.257 e. The number of amides is 1. The van der Waals surface area contributed by atoms with Gasteiger partial charge in [0.2, 0.25) is 0 Å². The highest BCUT2D eigenvalue weighted by Crippen LogP contribution is 2.16. The predicted octanol–water partition coefficient (Wildman–Crippen LogP) is 1.56. The zero-order valence-corrected chi connectivity index (χ0v) is 14.0. The molecule has 1 aliphatic heterocycles. The van der Waals surface area contributed by atoms with Crippen LogP contribution in [0.4, 0.5) is 0 Å². The number of hydrogen-bond donors (Lipinski definition) is 2. The fourth-order valence-corrected chi connectivity index (χ4v) is 2.93. The van der Waals surface area contributed by atoms with Crippen LogP contribution in [0.3, 0.4) is 0 Å². The van der Waals surface area contributed by atoms with Crippen molar-refractivity contribution < 1.29 is 4.79 Å². The molecule has 1 atom stereocenters. The summed E-state index contributed by atoms with van der Waals surface area (Å²) in [5.74, 6) is -0.0892. The number of fused-ring (bicyclic) bond motifs is 1. The Kier molecular flexibility index (Phi) is 5.03. The van der Waals surface area contributed by atoms with Crippen molar-refractivity contribution in [2.45, 2.75) is 39.7 Å². The minimum atomic E-state index is -0.0892. The summed E-state index contributed by atoms with van der Waals surface area (Å²) in [7, 11) is 0. The van der Waals surface area contributed by atoms with E-state index in [0.29, 0.717) is 29.5 Å². The molecule has 1 unspecified atom stereocenters. The van der Waals surface area contributed by atoms with E-state index in [1.807, 2.05) is 26.8 Å². The van der Waals surface area contributed by atoms with Crippen LogP contribution >= 0.6 is 12.4 Å². The fraction of sp³-hybridized carbons (Fsp3) is 0.533. The van der Waals surface area contributed by atoms with E-state index in [9.17, 15) is 4.79 Å². The zero-order chi connectivity index (χ0) is 15.0. The summed E-state index contributed by atoms with van der Waals surface area (Å²) >= 11 is 0. The van der Waals surface area contributed by atoms with E-state index in [4.69, 9.17) is 0 Å². The van der Waals surface area contributed by atoms with Crippen LogP contribution in [-0.4, -0.2) is 39.6 Å². The molecule has 1 aliphatic rings. The van der Waals surface area contributed by atoms with Crippen LogP contribution in [-0.2, 0) is 0 Å². The minimum Gasteiger partial charge on any atom is -0.350 e. The van der Waals surface area contributed by atoms with Crippen LogP contribution in [0.1, 0.15) is 40.3 Å². The van der Waals surface area contributed by atoms with E-state index in [-0.39, 0.29) is 18.3 Å². The molecule has 0 aliphatic carbocycles. The normalized spacial score (nSPS) is 17.5. The Morgan fingerprint density at radius 1 is 1.45 bits per heavy atom. The second kappa shape index (κ2) is 6.62. The third-order valence-electron chi connectivity index (χ3n) is 3.97. The lowest BCUT2D eigenvalue weighted by Crippen LogP contribution is -2.37. The van der Waals surface area contributed by atoms with Gasteiger partial charge in [0.25, 0.3) is 5.91 Å². The maximum Gasteiger partial charge on any atom is 0.257 e. The number of carbonyl (C=O) groups excluding carboxylic acids is 1. The molecule has 0 aromatic carbocycles. The lowest BCUT2D eigenvalue weighted by molar-refractivity contribution is 0.0951. The van der Waals surface area contributed by atoms with Gasteiger partial charge in [0, 0.05) is 24.0 Å². The van der Waals surface area contributed by atoms with E-state index in [2.05, 4.69) is 20.7 Å². The SMILES string of the molecule is Cc1cc(C)n2nc(C)c(C(=O)NCC3CCCN3)c2n1.Cl. The Labute approximate surface area is 136 Å². The zero-order valence-electron chi connectivity index (χ0n) is 13.1. The van der Waals surface area contributed by atoms with Gasteiger partial charge < -0.3 is 10.6 Å². The molecule has 0 bridgehead atoms. The van der Waals surface area contributed by atoms with Gasteiger partial charge in [-0.05, 0) is 46.2 Å². The highest BCUT2D eigenvalue weighted by atomic mass is 35.5. The van der Waals surface area contributed by atoms with Gasteiger partial charge in [-0.25, -0.2) is 9.50 Å². The molecule has 7 heteroatoms. The molecular formula is C15H22ClN5O. The largest absolute Gasteiger partial charge is 0.350 e. The van der Waals surface area contributed by atoms with Crippen molar-refractivity contribution in [3.63, 3.8) is 0 Å². The highest BCUT2D eigenvalue weighted by molar-refractivity contribution is 6.01. The van der Waals surface area contributed by atoms with Crippen molar-refractivity contribution in [3.8, 4) is 0 Å². The number of nitrogens with one attached hydrogen (secondary N) is 2. The average molecular weight is 324 g/mol. The van der Waals surface area contributed by atoms with Crippen LogP contribution in [0.25, 0.3) is 5.65 Å². The van der Waals surface area contributed by atoms with Crippen LogP contribution in [0.5, 0.6) is 0 Å². The van der Waals surface area contributed by atoms with Gasteiger partial charge >= 0.3 is 0 Å². The van der Waals surface area contributed by atoms with Crippen molar-refractivity contribution in [3.05, 3.63) is 28.7 Å². The molecule has 0 saturated carbocycles. The third-order valence-corrected chi connectivity index (χ3v) is 3.97. The summed E-state index contributed by atoms with van der Waals surface area (Å²) in [6.07, 6.45) is 2.29. The first-order chi connectivity index (χ1) is 10.1. The molecule has 3 rings (SSSR count). The molecule has 2 N–H and O–H groups in total. The molecule has 22 heavy (non-hydrogen) atoms. The number of hydrogen-bond acceptors (Lipinski definition) is 4. The number of aryl methyl sites for hydroxylation is 3. The molecule has 2 aromatic rings. The first-order valence-electron chi connectivity index (χ1n) is 7.41. The third kappa shape index (κ3) is 3.08. The molecule has 0 spiro atoms. The molecular weight excluding hydrogens is 302 g/mol. The molecule has 120 valence electrons. The Bertz CT molecular complexity index is 691. The van der Waals surface area contributed by atoms with Gasteiger partial charge in [-0.1, -0.05) is 0 Å². The standard InChI is InChI=1S/C15H21N5O.ClH/c1-9-7-10(2)20-14(18-9)13(11(3)19-20)15(21)17-8-12-5-4-6-16-12;/h7,12,16H,4-6,8H2,1-3H3,(H,17,21);1H. The number of carbonyl (C=O) groups is 1. The van der Waals surface area contributed by atoms with Crippen LogP contribution in [0, 0.1) is 20.8 Å². The maximum atomic E-state index is 12.5. The van der Waals surface area contributed by atoms with Crippen LogP contribution < -0.4 is 10.6 Å². The Morgan fingerprint density at radius 2 is 2.23 bits per heavy atom.